The third-order valence-corrected chi connectivity index (χ3v) is 3.48. The van der Waals surface area contributed by atoms with Gasteiger partial charge in [-0.15, -0.1) is 0 Å². The Hall–Kier alpha value is -2.67. The molecule has 0 bridgehead atoms. The Morgan fingerprint density at radius 1 is 1.27 bits per heavy atom. The van der Waals surface area contributed by atoms with E-state index < -0.39 is 0 Å². The molecule has 3 aromatic rings. The van der Waals surface area contributed by atoms with Crippen LogP contribution in [0.25, 0.3) is 0 Å². The molecule has 2 heterocycles. The zero-order chi connectivity index (χ0) is 15.4. The number of aromatic nitrogens is 3. The number of rotatable bonds is 5. The lowest BCUT2D eigenvalue weighted by atomic mass is 10.2. The van der Waals surface area contributed by atoms with Gasteiger partial charge in [-0.05, 0) is 29.9 Å². The van der Waals surface area contributed by atoms with Crippen molar-refractivity contribution in [1.82, 2.24) is 20.1 Å². The number of hydrogen-bond acceptors (Lipinski definition) is 4. The second-order valence-electron chi connectivity index (χ2n) is 4.68. The monoisotopic (exact) mass is 314 g/mol. The average molecular weight is 314 g/mol. The molecule has 0 spiro atoms. The number of nitrogens with one attached hydrogen (secondary N) is 2. The molecule has 0 fully saturated rings. The van der Waals surface area contributed by atoms with Gasteiger partial charge in [0, 0.05) is 0 Å². The summed E-state index contributed by atoms with van der Waals surface area (Å²) in [6.07, 6.45) is 1.46. The third kappa shape index (κ3) is 3.15. The van der Waals surface area contributed by atoms with E-state index in [1.54, 1.807) is 12.1 Å². The number of nitrogens with zero attached hydrogens (tertiary/aromatic N) is 2. The van der Waals surface area contributed by atoms with Gasteiger partial charge in [0.25, 0.3) is 5.91 Å². The van der Waals surface area contributed by atoms with Crippen molar-refractivity contribution < 1.29 is 9.21 Å². The van der Waals surface area contributed by atoms with E-state index in [0.29, 0.717) is 17.1 Å². The van der Waals surface area contributed by atoms with Crippen molar-refractivity contribution in [3.05, 3.63) is 70.6 Å². The van der Waals surface area contributed by atoms with Crippen molar-refractivity contribution in [1.29, 1.82) is 0 Å². The Morgan fingerprint density at radius 2 is 2.09 bits per heavy atom. The van der Waals surface area contributed by atoms with E-state index in [-0.39, 0.29) is 18.2 Å². The lowest BCUT2D eigenvalue weighted by Crippen LogP contribution is -2.24. The molecule has 0 saturated heterocycles. The molecule has 1 aromatic carbocycles. The SMILES string of the molecule is O=C(NCc1n[nH]c(=S)n1Cc1ccccc1)c1ccco1. The Labute approximate surface area is 131 Å². The minimum Gasteiger partial charge on any atom is -0.459 e. The molecule has 0 aliphatic rings. The minimum absolute atomic E-state index is 0.263. The molecular weight excluding hydrogens is 300 g/mol. The average Bonchev–Trinajstić information content (AvgIpc) is 3.18. The first kappa shape index (κ1) is 14.3. The van der Waals surface area contributed by atoms with Crippen LogP contribution in [-0.2, 0) is 13.1 Å². The fourth-order valence-electron chi connectivity index (χ4n) is 2.07. The van der Waals surface area contributed by atoms with Crippen molar-refractivity contribution in [2.75, 3.05) is 0 Å². The standard InChI is InChI=1S/C15H14N4O2S/c20-14(12-7-4-8-21-12)16-9-13-17-18-15(22)19(13)10-11-5-2-1-3-6-11/h1-8H,9-10H2,(H,16,20)(H,18,22). The van der Waals surface area contributed by atoms with Gasteiger partial charge in [0.2, 0.25) is 0 Å². The summed E-state index contributed by atoms with van der Waals surface area (Å²) in [5.74, 6) is 0.641. The van der Waals surface area contributed by atoms with Crippen molar-refractivity contribution in [3.63, 3.8) is 0 Å². The highest BCUT2D eigenvalue weighted by Crippen LogP contribution is 2.06. The zero-order valence-electron chi connectivity index (χ0n) is 11.7. The van der Waals surface area contributed by atoms with E-state index in [2.05, 4.69) is 15.5 Å². The molecule has 2 aromatic heterocycles. The number of benzene rings is 1. The molecule has 0 radical (unpaired) electrons. The number of furan rings is 1. The quantitative estimate of drug-likeness (QED) is 0.710. The molecule has 0 atom stereocenters. The number of hydrogen-bond donors (Lipinski definition) is 2. The number of aromatic amines is 1. The van der Waals surface area contributed by atoms with Crippen molar-refractivity contribution in [2.45, 2.75) is 13.1 Å². The molecule has 0 aliphatic carbocycles. The molecule has 0 aliphatic heterocycles. The summed E-state index contributed by atoms with van der Waals surface area (Å²) in [6.45, 7) is 0.863. The van der Waals surface area contributed by atoms with Gasteiger partial charge in [-0.25, -0.2) is 0 Å². The first-order valence-electron chi connectivity index (χ1n) is 6.74. The largest absolute Gasteiger partial charge is 0.459 e. The predicted octanol–water partition coefficient (Wildman–Crippen LogP) is 2.51. The van der Waals surface area contributed by atoms with Gasteiger partial charge >= 0.3 is 0 Å². The van der Waals surface area contributed by atoms with Crippen molar-refractivity contribution in [2.24, 2.45) is 0 Å². The van der Waals surface area contributed by atoms with Crippen molar-refractivity contribution in [3.8, 4) is 0 Å². The first-order chi connectivity index (χ1) is 10.7. The Bertz CT molecular complexity index is 806. The molecule has 22 heavy (non-hydrogen) atoms. The minimum atomic E-state index is -0.287. The van der Waals surface area contributed by atoms with Crippen LogP contribution in [0.1, 0.15) is 21.9 Å². The van der Waals surface area contributed by atoms with Crippen LogP contribution in [0, 0.1) is 4.77 Å². The second kappa shape index (κ2) is 6.40. The van der Waals surface area contributed by atoms with E-state index in [9.17, 15) is 4.79 Å². The smallest absolute Gasteiger partial charge is 0.287 e. The van der Waals surface area contributed by atoms with E-state index in [0.717, 1.165) is 5.56 Å². The molecule has 0 unspecified atom stereocenters. The summed E-state index contributed by atoms with van der Waals surface area (Å²) in [5, 5.41) is 9.68. The van der Waals surface area contributed by atoms with Crippen LogP contribution >= 0.6 is 12.2 Å². The third-order valence-electron chi connectivity index (χ3n) is 3.17. The molecule has 0 saturated carbocycles. The summed E-state index contributed by atoms with van der Waals surface area (Å²) in [5.41, 5.74) is 1.11. The van der Waals surface area contributed by atoms with E-state index in [1.165, 1.54) is 6.26 Å². The fourth-order valence-corrected chi connectivity index (χ4v) is 2.28. The van der Waals surface area contributed by atoms with Gasteiger partial charge in [-0.2, -0.15) is 5.10 Å². The van der Waals surface area contributed by atoms with Gasteiger partial charge in [0.05, 0.1) is 19.4 Å². The number of amides is 1. The molecule has 2 N–H and O–H groups in total. The molecular formula is C15H14N4O2S. The molecule has 7 heteroatoms. The number of H-pyrrole nitrogens is 1. The molecule has 1 amide bonds. The predicted molar refractivity (Wildman–Crippen MR) is 82.8 cm³/mol. The van der Waals surface area contributed by atoms with Crippen LogP contribution < -0.4 is 5.32 Å². The lowest BCUT2D eigenvalue weighted by molar-refractivity contribution is 0.0921. The molecule has 112 valence electrons. The highest BCUT2D eigenvalue weighted by Gasteiger charge is 2.11. The van der Waals surface area contributed by atoms with Crippen LogP contribution in [-0.4, -0.2) is 20.7 Å². The van der Waals surface area contributed by atoms with E-state index >= 15 is 0 Å². The summed E-state index contributed by atoms with van der Waals surface area (Å²) in [7, 11) is 0. The second-order valence-corrected chi connectivity index (χ2v) is 5.06. The van der Waals surface area contributed by atoms with Crippen LogP contribution in [0.5, 0.6) is 0 Å². The maximum absolute atomic E-state index is 11.9. The lowest BCUT2D eigenvalue weighted by Gasteiger charge is -2.07. The van der Waals surface area contributed by atoms with Gasteiger partial charge < -0.3 is 9.73 Å². The summed E-state index contributed by atoms with van der Waals surface area (Å²) in [4.78, 5) is 11.9. The van der Waals surface area contributed by atoms with Gasteiger partial charge in [0.15, 0.2) is 16.4 Å². The zero-order valence-corrected chi connectivity index (χ0v) is 12.5. The topological polar surface area (TPSA) is 75.8 Å². The first-order valence-corrected chi connectivity index (χ1v) is 7.14. The maximum Gasteiger partial charge on any atom is 0.287 e. The van der Waals surface area contributed by atoms with Gasteiger partial charge in [0.1, 0.15) is 0 Å². The van der Waals surface area contributed by atoms with E-state index in [4.69, 9.17) is 16.6 Å². The van der Waals surface area contributed by atoms with E-state index in [1.807, 2.05) is 34.9 Å². The Kier molecular flexibility index (Phi) is 4.15. The maximum atomic E-state index is 11.9. The Morgan fingerprint density at radius 3 is 2.82 bits per heavy atom. The van der Waals surface area contributed by atoms with Crippen molar-refractivity contribution >= 4 is 18.1 Å². The highest BCUT2D eigenvalue weighted by atomic mass is 32.1. The summed E-state index contributed by atoms with van der Waals surface area (Å²) >= 11 is 5.25. The Balaban J connectivity index is 1.72. The van der Waals surface area contributed by atoms with Gasteiger partial charge in [-0.3, -0.25) is 14.5 Å². The number of carbonyl (C=O) groups is 1. The van der Waals surface area contributed by atoms with Gasteiger partial charge in [-0.1, -0.05) is 30.3 Å². The fraction of sp³-hybridized carbons (Fsp3) is 0.133. The van der Waals surface area contributed by atoms with Crippen LogP contribution in [0.3, 0.4) is 0 Å². The normalized spacial score (nSPS) is 10.5. The van der Waals surface area contributed by atoms with Crippen LogP contribution in [0.4, 0.5) is 0 Å². The highest BCUT2D eigenvalue weighted by molar-refractivity contribution is 7.71. The van der Waals surface area contributed by atoms with Crippen LogP contribution in [0.15, 0.2) is 53.1 Å². The molecule has 6 nitrogen and oxygen atoms in total. The number of carbonyl (C=O) groups excluding carboxylic acids is 1. The van der Waals surface area contributed by atoms with Crippen LogP contribution in [0.2, 0.25) is 0 Å². The summed E-state index contributed by atoms with van der Waals surface area (Å²) < 4.78 is 7.42. The summed E-state index contributed by atoms with van der Waals surface area (Å²) in [6, 6.07) is 13.2. The molecule has 3 rings (SSSR count).